The first-order valence-corrected chi connectivity index (χ1v) is 9.86. The van der Waals surface area contributed by atoms with Crippen LogP contribution in [0.25, 0.3) is 0 Å². The van der Waals surface area contributed by atoms with Crippen molar-refractivity contribution in [3.63, 3.8) is 0 Å². The Bertz CT molecular complexity index is 735. The van der Waals surface area contributed by atoms with Crippen LogP contribution in [0.3, 0.4) is 0 Å². The smallest absolute Gasteiger partial charge is 0.414 e. The molecule has 0 radical (unpaired) electrons. The lowest BCUT2D eigenvalue weighted by Crippen LogP contribution is -2.44. The van der Waals surface area contributed by atoms with Gasteiger partial charge in [0.05, 0.1) is 5.69 Å². The van der Waals surface area contributed by atoms with Crippen LogP contribution in [0.2, 0.25) is 0 Å². The van der Waals surface area contributed by atoms with Crippen molar-refractivity contribution in [2.75, 3.05) is 19.6 Å². The number of carbonyl (C=O) groups is 2. The Morgan fingerprint density at radius 3 is 2.17 bits per heavy atom. The van der Waals surface area contributed by atoms with Crippen LogP contribution in [0, 0.1) is 0 Å². The predicted molar refractivity (Wildman–Crippen MR) is 110 cm³/mol. The van der Waals surface area contributed by atoms with Crippen LogP contribution in [0.5, 0.6) is 0 Å². The summed E-state index contributed by atoms with van der Waals surface area (Å²) in [5, 5.41) is 14.8. The summed E-state index contributed by atoms with van der Waals surface area (Å²) in [6, 6.07) is 17.7. The lowest BCUT2D eigenvalue weighted by atomic mass is 10.0. The molecule has 2 N–H and O–H groups in total. The Kier molecular flexibility index (Phi) is 9.27. The summed E-state index contributed by atoms with van der Waals surface area (Å²) in [6.07, 6.45) is 4.40. The molecule has 1 saturated heterocycles. The predicted octanol–water partition coefficient (Wildman–Crippen LogP) is 2.72. The first kappa shape index (κ1) is 22.5. The number of aliphatic carboxylic acids is 2. The zero-order valence-corrected chi connectivity index (χ0v) is 16.8. The van der Waals surface area contributed by atoms with Gasteiger partial charge in [0, 0.05) is 38.4 Å². The van der Waals surface area contributed by atoms with Crippen molar-refractivity contribution < 1.29 is 19.8 Å². The molecule has 1 aliphatic heterocycles. The van der Waals surface area contributed by atoms with E-state index in [0.717, 1.165) is 19.6 Å². The van der Waals surface area contributed by atoms with E-state index in [9.17, 15) is 0 Å². The van der Waals surface area contributed by atoms with Gasteiger partial charge in [0.25, 0.3) is 0 Å². The highest BCUT2D eigenvalue weighted by Crippen LogP contribution is 2.20. The number of likely N-dealkylation sites (tertiary alicyclic amines) is 1. The Labute approximate surface area is 171 Å². The van der Waals surface area contributed by atoms with Crippen molar-refractivity contribution in [2.24, 2.45) is 0 Å². The molecular formula is C22H29N3O4. The Morgan fingerprint density at radius 1 is 1.03 bits per heavy atom. The molecule has 2 heterocycles. The number of carboxylic acid groups (broad SMARTS) is 2. The molecule has 1 fully saturated rings. The van der Waals surface area contributed by atoms with Crippen LogP contribution in [-0.2, 0) is 22.7 Å². The maximum atomic E-state index is 9.10. The number of nitrogens with zero attached hydrogens (tertiary/aromatic N) is 3. The fourth-order valence-electron chi connectivity index (χ4n) is 3.48. The second kappa shape index (κ2) is 11.9. The van der Waals surface area contributed by atoms with Crippen LogP contribution in [-0.4, -0.2) is 62.6 Å². The van der Waals surface area contributed by atoms with Crippen LogP contribution < -0.4 is 0 Å². The minimum atomic E-state index is -1.82. The van der Waals surface area contributed by atoms with Crippen LogP contribution >= 0.6 is 0 Å². The Balaban J connectivity index is 0.000000438. The fraction of sp³-hybridized carbons (Fsp3) is 0.409. The molecule has 0 saturated carbocycles. The summed E-state index contributed by atoms with van der Waals surface area (Å²) in [4.78, 5) is 27.8. The van der Waals surface area contributed by atoms with E-state index in [0.29, 0.717) is 6.04 Å². The van der Waals surface area contributed by atoms with E-state index in [4.69, 9.17) is 19.8 Å². The van der Waals surface area contributed by atoms with Crippen molar-refractivity contribution in [3.8, 4) is 0 Å². The topological polar surface area (TPSA) is 94.0 Å². The van der Waals surface area contributed by atoms with Crippen molar-refractivity contribution >= 4 is 11.9 Å². The number of carboxylic acids is 2. The molecule has 3 rings (SSSR count). The molecule has 29 heavy (non-hydrogen) atoms. The summed E-state index contributed by atoms with van der Waals surface area (Å²) in [6.45, 7) is 7.81. The number of aromatic nitrogens is 1. The quantitative estimate of drug-likeness (QED) is 0.721. The molecule has 1 aliphatic rings. The standard InChI is InChI=1S/C20H27N3.C2H2O4/c1-2-23(16-18-8-4-3-5-9-18)20-11-14-22(15-12-20)17-19-10-6-7-13-21-19;3-1(4)2(5)6/h3-10,13,20H,2,11-12,14-17H2,1H3;(H,3,4)(H,5,6). The largest absolute Gasteiger partial charge is 0.473 e. The molecule has 7 heteroatoms. The molecule has 0 unspecified atom stereocenters. The highest BCUT2D eigenvalue weighted by Gasteiger charge is 2.23. The second-order valence-corrected chi connectivity index (χ2v) is 6.99. The first-order chi connectivity index (χ1) is 14.0. The van der Waals surface area contributed by atoms with Gasteiger partial charge in [0.1, 0.15) is 0 Å². The van der Waals surface area contributed by atoms with E-state index in [1.807, 2.05) is 12.3 Å². The molecule has 0 bridgehead atoms. The molecule has 0 amide bonds. The van der Waals surface area contributed by atoms with Crippen molar-refractivity contribution in [2.45, 2.75) is 38.9 Å². The van der Waals surface area contributed by atoms with Crippen molar-refractivity contribution in [1.29, 1.82) is 0 Å². The van der Waals surface area contributed by atoms with Crippen molar-refractivity contribution in [3.05, 3.63) is 66.0 Å². The SMILES string of the molecule is CCN(Cc1ccccc1)C1CCN(Cc2ccccn2)CC1.O=C(O)C(=O)O. The summed E-state index contributed by atoms with van der Waals surface area (Å²) >= 11 is 0. The van der Waals surface area contributed by atoms with Crippen molar-refractivity contribution in [1.82, 2.24) is 14.8 Å². The van der Waals surface area contributed by atoms with Gasteiger partial charge in [-0.3, -0.25) is 14.8 Å². The van der Waals surface area contributed by atoms with Crippen LogP contribution in [0.15, 0.2) is 54.7 Å². The van der Waals surface area contributed by atoms with Gasteiger partial charge in [-0.1, -0.05) is 43.3 Å². The van der Waals surface area contributed by atoms with Crippen LogP contribution in [0.4, 0.5) is 0 Å². The van der Waals surface area contributed by atoms with E-state index in [-0.39, 0.29) is 0 Å². The molecule has 1 aromatic heterocycles. The highest BCUT2D eigenvalue weighted by molar-refractivity contribution is 6.27. The Hall–Kier alpha value is -2.77. The zero-order valence-electron chi connectivity index (χ0n) is 16.8. The highest BCUT2D eigenvalue weighted by atomic mass is 16.4. The van der Waals surface area contributed by atoms with Gasteiger partial charge >= 0.3 is 11.9 Å². The Morgan fingerprint density at radius 2 is 1.66 bits per heavy atom. The molecular weight excluding hydrogens is 370 g/mol. The van der Waals surface area contributed by atoms with Gasteiger partial charge < -0.3 is 10.2 Å². The molecule has 2 aromatic rings. The van der Waals surface area contributed by atoms with Gasteiger partial charge in [-0.2, -0.15) is 0 Å². The van der Waals surface area contributed by atoms with Gasteiger partial charge in [-0.25, -0.2) is 9.59 Å². The van der Waals surface area contributed by atoms with E-state index < -0.39 is 11.9 Å². The van der Waals surface area contributed by atoms with Gasteiger partial charge in [0.15, 0.2) is 0 Å². The molecule has 1 aromatic carbocycles. The lowest BCUT2D eigenvalue weighted by Gasteiger charge is -2.38. The van der Waals surface area contributed by atoms with Gasteiger partial charge in [0.2, 0.25) is 0 Å². The summed E-state index contributed by atoms with van der Waals surface area (Å²) < 4.78 is 0. The minimum Gasteiger partial charge on any atom is -0.473 e. The normalized spacial score (nSPS) is 14.8. The monoisotopic (exact) mass is 399 g/mol. The van der Waals surface area contributed by atoms with E-state index >= 15 is 0 Å². The van der Waals surface area contributed by atoms with E-state index in [1.54, 1.807) is 0 Å². The summed E-state index contributed by atoms with van der Waals surface area (Å²) in [5.74, 6) is -3.65. The number of hydrogen-bond acceptors (Lipinski definition) is 5. The molecule has 0 atom stereocenters. The lowest BCUT2D eigenvalue weighted by molar-refractivity contribution is -0.159. The maximum Gasteiger partial charge on any atom is 0.414 e. The second-order valence-electron chi connectivity index (χ2n) is 6.99. The first-order valence-electron chi connectivity index (χ1n) is 9.86. The average molecular weight is 399 g/mol. The van der Waals surface area contributed by atoms with Gasteiger partial charge in [-0.05, 0) is 37.1 Å². The van der Waals surface area contributed by atoms with E-state index in [1.165, 1.54) is 37.2 Å². The maximum absolute atomic E-state index is 9.10. The number of piperidine rings is 1. The number of pyridine rings is 1. The average Bonchev–Trinajstić information content (AvgIpc) is 2.74. The number of rotatable bonds is 6. The van der Waals surface area contributed by atoms with Crippen LogP contribution in [0.1, 0.15) is 31.0 Å². The molecule has 0 aliphatic carbocycles. The third-order valence-electron chi connectivity index (χ3n) is 5.00. The van der Waals surface area contributed by atoms with Gasteiger partial charge in [-0.15, -0.1) is 0 Å². The van der Waals surface area contributed by atoms with E-state index in [2.05, 4.69) is 64.2 Å². The third kappa shape index (κ3) is 8.01. The zero-order chi connectivity index (χ0) is 21.1. The fourth-order valence-corrected chi connectivity index (χ4v) is 3.48. The summed E-state index contributed by atoms with van der Waals surface area (Å²) in [5.41, 5.74) is 2.60. The third-order valence-corrected chi connectivity index (χ3v) is 5.00. The number of benzene rings is 1. The molecule has 156 valence electrons. The summed E-state index contributed by atoms with van der Waals surface area (Å²) in [7, 11) is 0. The molecule has 7 nitrogen and oxygen atoms in total. The number of hydrogen-bond donors (Lipinski definition) is 2. The molecule has 0 spiro atoms. The minimum absolute atomic E-state index is 0.709.